The van der Waals surface area contributed by atoms with Gasteiger partial charge in [-0.1, -0.05) is 24.3 Å². The van der Waals surface area contributed by atoms with E-state index in [1.165, 1.54) is 24.0 Å². The Morgan fingerprint density at radius 3 is 2.25 bits per heavy atom. The van der Waals surface area contributed by atoms with E-state index in [4.69, 9.17) is 0 Å². The first-order valence-electron chi connectivity index (χ1n) is 7.35. The van der Waals surface area contributed by atoms with Crippen LogP contribution in [0.2, 0.25) is 0 Å². The molecule has 1 aliphatic carbocycles. The quantitative estimate of drug-likeness (QED) is 0.885. The smallest absolute Gasteiger partial charge is 0.152 e. The molecule has 1 saturated carbocycles. The highest BCUT2D eigenvalue weighted by Crippen LogP contribution is 2.19. The van der Waals surface area contributed by atoms with Gasteiger partial charge in [-0.15, -0.1) is 0 Å². The maximum Gasteiger partial charge on any atom is 0.152 e. The van der Waals surface area contributed by atoms with Crippen molar-refractivity contribution >= 4 is 9.84 Å². The normalized spacial score (nSPS) is 22.8. The first-order chi connectivity index (χ1) is 9.61. The third kappa shape index (κ3) is 4.04. The van der Waals surface area contributed by atoms with Crippen LogP contribution in [0.3, 0.4) is 0 Å². The van der Waals surface area contributed by atoms with E-state index in [2.05, 4.69) is 34.5 Å². The van der Waals surface area contributed by atoms with Crippen LogP contribution in [0, 0.1) is 0 Å². The molecule has 0 radical (unpaired) electrons. The van der Waals surface area contributed by atoms with Crippen LogP contribution in [-0.2, 0) is 22.9 Å². The predicted molar refractivity (Wildman–Crippen MR) is 80.2 cm³/mol. The summed E-state index contributed by atoms with van der Waals surface area (Å²) in [5.74, 6) is 0.604. The van der Waals surface area contributed by atoms with E-state index in [0.717, 1.165) is 19.1 Å². The molecule has 1 aliphatic heterocycles. The van der Waals surface area contributed by atoms with E-state index in [0.29, 0.717) is 24.6 Å². The van der Waals surface area contributed by atoms with Gasteiger partial charge in [-0.3, -0.25) is 4.90 Å². The molecule has 0 amide bonds. The van der Waals surface area contributed by atoms with Crippen molar-refractivity contribution in [2.45, 2.75) is 32.0 Å². The molecule has 1 aromatic rings. The van der Waals surface area contributed by atoms with Crippen molar-refractivity contribution in [2.24, 2.45) is 0 Å². The summed E-state index contributed by atoms with van der Waals surface area (Å²) in [6, 6.07) is 9.40. The lowest BCUT2D eigenvalue weighted by atomic mass is 10.1. The zero-order chi connectivity index (χ0) is 14.0. The molecule has 20 heavy (non-hydrogen) atoms. The second-order valence-corrected chi connectivity index (χ2v) is 8.20. The van der Waals surface area contributed by atoms with E-state index in [9.17, 15) is 8.42 Å². The summed E-state index contributed by atoms with van der Waals surface area (Å²) in [6.45, 7) is 3.12. The lowest BCUT2D eigenvalue weighted by Crippen LogP contribution is -2.39. The van der Waals surface area contributed by atoms with Gasteiger partial charge in [0, 0.05) is 32.2 Å². The van der Waals surface area contributed by atoms with Crippen LogP contribution in [0.4, 0.5) is 0 Å². The Morgan fingerprint density at radius 1 is 1.05 bits per heavy atom. The summed E-state index contributed by atoms with van der Waals surface area (Å²) in [6.07, 6.45) is 2.63. The Balaban J connectivity index is 1.50. The number of hydrogen-bond donors (Lipinski definition) is 1. The zero-order valence-electron chi connectivity index (χ0n) is 11.7. The van der Waals surface area contributed by atoms with Crippen molar-refractivity contribution < 1.29 is 8.42 Å². The Labute approximate surface area is 121 Å². The van der Waals surface area contributed by atoms with Gasteiger partial charge in [-0.25, -0.2) is 8.42 Å². The predicted octanol–water partition coefficient (Wildman–Crippen LogP) is 1.17. The average Bonchev–Trinajstić information content (AvgIpc) is 3.25. The highest BCUT2D eigenvalue weighted by Gasteiger charge is 2.21. The first kappa shape index (κ1) is 14.0. The average molecular weight is 294 g/mol. The Bertz CT molecular complexity index is 536. The summed E-state index contributed by atoms with van der Waals surface area (Å²) in [5, 5.41) is 3.51. The molecule has 1 heterocycles. The van der Waals surface area contributed by atoms with E-state index >= 15 is 0 Å². The number of rotatable bonds is 5. The van der Waals surface area contributed by atoms with Gasteiger partial charge in [0.1, 0.15) is 0 Å². The molecule has 5 heteroatoms. The SMILES string of the molecule is O=S1(=O)CCN(Cc2ccc(CNC3CC3)cc2)CC1. The minimum atomic E-state index is -2.77. The van der Waals surface area contributed by atoms with Gasteiger partial charge in [-0.2, -0.15) is 0 Å². The largest absolute Gasteiger partial charge is 0.310 e. The molecule has 1 N–H and O–H groups in total. The minimum absolute atomic E-state index is 0.302. The maximum atomic E-state index is 11.4. The first-order valence-corrected chi connectivity index (χ1v) is 9.17. The Hall–Kier alpha value is -0.910. The third-order valence-corrected chi connectivity index (χ3v) is 5.65. The standard InChI is InChI=1S/C15H22N2O2S/c18-20(19)9-7-17(8-10-20)12-14-3-1-13(2-4-14)11-16-15-5-6-15/h1-4,15-16H,5-12H2. The number of benzene rings is 1. The molecule has 110 valence electrons. The summed E-state index contributed by atoms with van der Waals surface area (Å²) >= 11 is 0. The Kier molecular flexibility index (Phi) is 4.10. The monoisotopic (exact) mass is 294 g/mol. The highest BCUT2D eigenvalue weighted by atomic mass is 32.2. The van der Waals surface area contributed by atoms with Crippen LogP contribution < -0.4 is 5.32 Å². The van der Waals surface area contributed by atoms with E-state index < -0.39 is 9.84 Å². The van der Waals surface area contributed by atoms with E-state index in [1.807, 2.05) is 0 Å². The fourth-order valence-electron chi connectivity index (χ4n) is 2.48. The van der Waals surface area contributed by atoms with Gasteiger partial charge in [0.25, 0.3) is 0 Å². The summed E-state index contributed by atoms with van der Waals surface area (Å²) in [7, 11) is -2.77. The number of hydrogen-bond acceptors (Lipinski definition) is 4. The number of sulfone groups is 1. The number of nitrogens with zero attached hydrogens (tertiary/aromatic N) is 1. The zero-order valence-corrected chi connectivity index (χ0v) is 12.5. The van der Waals surface area contributed by atoms with Gasteiger partial charge < -0.3 is 5.32 Å². The lowest BCUT2D eigenvalue weighted by Gasteiger charge is -2.26. The summed E-state index contributed by atoms with van der Waals surface area (Å²) in [5.41, 5.74) is 2.58. The second-order valence-electron chi connectivity index (χ2n) is 5.90. The summed E-state index contributed by atoms with van der Waals surface area (Å²) in [4.78, 5) is 2.22. The topological polar surface area (TPSA) is 49.4 Å². The Morgan fingerprint density at radius 2 is 1.65 bits per heavy atom. The van der Waals surface area contributed by atoms with Crippen LogP contribution in [0.1, 0.15) is 24.0 Å². The molecule has 4 nitrogen and oxygen atoms in total. The molecule has 3 rings (SSSR count). The molecular weight excluding hydrogens is 272 g/mol. The van der Waals surface area contributed by atoms with Crippen LogP contribution >= 0.6 is 0 Å². The molecule has 0 bridgehead atoms. The molecular formula is C15H22N2O2S. The lowest BCUT2D eigenvalue weighted by molar-refractivity contribution is 0.287. The van der Waals surface area contributed by atoms with Crippen molar-refractivity contribution in [3.63, 3.8) is 0 Å². The van der Waals surface area contributed by atoms with Crippen molar-refractivity contribution in [3.05, 3.63) is 35.4 Å². The van der Waals surface area contributed by atoms with Crippen LogP contribution in [0.5, 0.6) is 0 Å². The van der Waals surface area contributed by atoms with Crippen LogP contribution in [0.25, 0.3) is 0 Å². The number of nitrogens with one attached hydrogen (secondary N) is 1. The van der Waals surface area contributed by atoms with Crippen molar-refractivity contribution in [2.75, 3.05) is 24.6 Å². The van der Waals surface area contributed by atoms with Crippen molar-refractivity contribution in [1.29, 1.82) is 0 Å². The van der Waals surface area contributed by atoms with Crippen LogP contribution in [0.15, 0.2) is 24.3 Å². The molecule has 0 aromatic heterocycles. The fourth-order valence-corrected chi connectivity index (χ4v) is 3.76. The minimum Gasteiger partial charge on any atom is -0.310 e. The van der Waals surface area contributed by atoms with Crippen LogP contribution in [-0.4, -0.2) is 44.0 Å². The molecule has 0 spiro atoms. The molecule has 1 aromatic carbocycles. The summed E-state index contributed by atoms with van der Waals surface area (Å²) < 4.78 is 22.8. The highest BCUT2D eigenvalue weighted by molar-refractivity contribution is 7.91. The fraction of sp³-hybridized carbons (Fsp3) is 0.600. The van der Waals surface area contributed by atoms with Gasteiger partial charge in [0.05, 0.1) is 11.5 Å². The van der Waals surface area contributed by atoms with E-state index in [-0.39, 0.29) is 0 Å². The maximum absolute atomic E-state index is 11.4. The van der Waals surface area contributed by atoms with Gasteiger partial charge in [0.2, 0.25) is 0 Å². The molecule has 2 aliphatic rings. The van der Waals surface area contributed by atoms with Crippen molar-refractivity contribution in [3.8, 4) is 0 Å². The molecule has 0 atom stereocenters. The van der Waals surface area contributed by atoms with Gasteiger partial charge >= 0.3 is 0 Å². The second kappa shape index (κ2) is 5.84. The van der Waals surface area contributed by atoms with Gasteiger partial charge in [0.15, 0.2) is 9.84 Å². The molecule has 0 unspecified atom stereocenters. The third-order valence-electron chi connectivity index (χ3n) is 4.04. The van der Waals surface area contributed by atoms with Crippen molar-refractivity contribution in [1.82, 2.24) is 10.2 Å². The molecule has 2 fully saturated rings. The van der Waals surface area contributed by atoms with Gasteiger partial charge in [-0.05, 0) is 24.0 Å². The van der Waals surface area contributed by atoms with E-state index in [1.54, 1.807) is 0 Å². The molecule has 1 saturated heterocycles.